The van der Waals surface area contributed by atoms with E-state index >= 15 is 0 Å². The Labute approximate surface area is 193 Å². The van der Waals surface area contributed by atoms with Crippen molar-refractivity contribution in [3.8, 4) is 11.5 Å². The third-order valence-electron chi connectivity index (χ3n) is 4.73. The van der Waals surface area contributed by atoms with Crippen LogP contribution in [0.2, 0.25) is 0 Å². The molecule has 8 nitrogen and oxygen atoms in total. The van der Waals surface area contributed by atoms with Crippen LogP contribution in [0, 0.1) is 17.0 Å². The van der Waals surface area contributed by atoms with Crippen molar-refractivity contribution in [3.63, 3.8) is 0 Å². The van der Waals surface area contributed by atoms with Crippen molar-refractivity contribution in [1.29, 1.82) is 0 Å². The van der Waals surface area contributed by atoms with Crippen LogP contribution in [0.1, 0.15) is 29.9 Å². The summed E-state index contributed by atoms with van der Waals surface area (Å²) in [5.74, 6) is -1.37. The Bertz CT molecular complexity index is 1270. The highest BCUT2D eigenvalue weighted by Crippen LogP contribution is 2.35. The monoisotopic (exact) mass is 502 g/mol. The Morgan fingerprint density at radius 3 is 2.31 bits per heavy atom. The Morgan fingerprint density at radius 2 is 1.74 bits per heavy atom. The number of ether oxygens (including phenoxy) is 1. The summed E-state index contributed by atoms with van der Waals surface area (Å²) in [7, 11) is 0. The molecule has 3 aromatic rings. The first-order chi connectivity index (χ1) is 16.1. The van der Waals surface area contributed by atoms with Gasteiger partial charge in [-0.25, -0.2) is 0 Å². The number of carbonyl (C=O) groups is 1. The molecule has 1 unspecified atom stereocenters. The maximum atomic E-state index is 12.9. The number of nitrogens with zero attached hydrogens (tertiary/aromatic N) is 3. The van der Waals surface area contributed by atoms with E-state index in [0.717, 1.165) is 41.1 Å². The molecule has 0 aliphatic rings. The summed E-state index contributed by atoms with van der Waals surface area (Å²) in [4.78, 5) is 23.1. The zero-order valence-electron chi connectivity index (χ0n) is 17.9. The van der Waals surface area contributed by atoms with Crippen molar-refractivity contribution in [3.05, 3.63) is 75.6 Å². The van der Waals surface area contributed by atoms with E-state index < -0.39 is 46.2 Å². The fourth-order valence-electron chi connectivity index (χ4n) is 3.07. The number of aryl methyl sites for hydroxylation is 1. The van der Waals surface area contributed by atoms with E-state index in [0.29, 0.717) is 6.07 Å². The zero-order chi connectivity index (χ0) is 26.1. The van der Waals surface area contributed by atoms with Crippen LogP contribution in [-0.2, 0) is 17.1 Å². The largest absolute Gasteiger partial charge is 0.457 e. The van der Waals surface area contributed by atoms with Crippen molar-refractivity contribution < 1.29 is 40.8 Å². The van der Waals surface area contributed by atoms with E-state index in [-0.39, 0.29) is 22.9 Å². The van der Waals surface area contributed by atoms with Gasteiger partial charge in [0.2, 0.25) is 5.91 Å². The first kappa shape index (κ1) is 25.5. The summed E-state index contributed by atoms with van der Waals surface area (Å²) in [6.07, 6.45) is -9.37. The number of aromatic nitrogens is 2. The van der Waals surface area contributed by atoms with Crippen molar-refractivity contribution >= 4 is 17.3 Å². The number of nitrogens with one attached hydrogen (secondary N) is 1. The van der Waals surface area contributed by atoms with Crippen LogP contribution in [0.5, 0.6) is 11.5 Å². The lowest BCUT2D eigenvalue weighted by atomic mass is 10.2. The molecule has 0 spiro atoms. The number of benzene rings is 2. The molecule has 0 aliphatic carbocycles. The lowest BCUT2D eigenvalue weighted by Gasteiger charge is -2.15. The lowest BCUT2D eigenvalue weighted by molar-refractivity contribution is -0.384. The number of alkyl halides is 6. The number of amides is 1. The van der Waals surface area contributed by atoms with E-state index in [1.807, 2.05) is 0 Å². The molecule has 186 valence electrons. The molecule has 1 N–H and O–H groups in total. The molecule has 0 aliphatic heterocycles. The van der Waals surface area contributed by atoms with Gasteiger partial charge in [-0.2, -0.15) is 31.4 Å². The fourth-order valence-corrected chi connectivity index (χ4v) is 3.07. The molecule has 14 heteroatoms. The smallest absolute Gasteiger partial charge is 0.435 e. The quantitative estimate of drug-likeness (QED) is 0.248. The third kappa shape index (κ3) is 6.07. The van der Waals surface area contributed by atoms with Crippen molar-refractivity contribution in [2.45, 2.75) is 32.2 Å². The first-order valence-corrected chi connectivity index (χ1v) is 9.74. The van der Waals surface area contributed by atoms with E-state index in [1.165, 1.54) is 19.9 Å². The van der Waals surface area contributed by atoms with Gasteiger partial charge in [-0.3, -0.25) is 19.6 Å². The number of halogens is 6. The van der Waals surface area contributed by atoms with Crippen LogP contribution in [-0.4, -0.2) is 20.6 Å². The predicted molar refractivity (Wildman–Crippen MR) is 110 cm³/mol. The van der Waals surface area contributed by atoms with Gasteiger partial charge < -0.3 is 10.1 Å². The molecule has 0 saturated carbocycles. The van der Waals surface area contributed by atoms with Gasteiger partial charge in [0, 0.05) is 17.8 Å². The molecule has 2 aromatic carbocycles. The van der Waals surface area contributed by atoms with E-state index in [2.05, 4.69) is 10.4 Å². The minimum Gasteiger partial charge on any atom is -0.457 e. The Hall–Kier alpha value is -4.10. The maximum absolute atomic E-state index is 12.9. The number of hydrogen-bond acceptors (Lipinski definition) is 5. The second-order valence-electron chi connectivity index (χ2n) is 7.38. The molecule has 0 fully saturated rings. The second-order valence-corrected chi connectivity index (χ2v) is 7.38. The van der Waals surface area contributed by atoms with Gasteiger partial charge in [0.25, 0.3) is 5.69 Å². The van der Waals surface area contributed by atoms with Crippen LogP contribution < -0.4 is 10.1 Å². The summed E-state index contributed by atoms with van der Waals surface area (Å²) in [6.45, 7) is 2.59. The van der Waals surface area contributed by atoms with Gasteiger partial charge in [-0.1, -0.05) is 6.07 Å². The molecular weight excluding hydrogens is 486 g/mol. The molecule has 0 saturated heterocycles. The molecule has 1 atom stereocenters. The first-order valence-electron chi connectivity index (χ1n) is 9.74. The summed E-state index contributed by atoms with van der Waals surface area (Å²) in [5.41, 5.74) is -2.86. The standard InChI is InChI=1S/C21H16F6N4O4/c1-11-6-18(21(25,26)27)29-30(11)12(2)19(32)28-14-8-15(31(33)34)10-17(9-14)35-16-5-3-4-13(7-16)20(22,23)24/h3-10,12H,1-2H3,(H,28,32). The van der Waals surface area contributed by atoms with Gasteiger partial charge in [0.05, 0.1) is 22.2 Å². The van der Waals surface area contributed by atoms with E-state index in [4.69, 9.17) is 4.74 Å². The van der Waals surface area contributed by atoms with Gasteiger partial charge in [-0.05, 0) is 38.1 Å². The number of rotatable bonds is 6. The molecule has 3 rings (SSSR count). The Morgan fingerprint density at radius 1 is 1.06 bits per heavy atom. The molecule has 35 heavy (non-hydrogen) atoms. The Kier molecular flexibility index (Phi) is 6.76. The molecule has 1 amide bonds. The number of anilines is 1. The fraction of sp³-hybridized carbons (Fsp3) is 0.238. The maximum Gasteiger partial charge on any atom is 0.435 e. The van der Waals surface area contributed by atoms with Crippen LogP contribution in [0.25, 0.3) is 0 Å². The van der Waals surface area contributed by atoms with Gasteiger partial charge in [-0.15, -0.1) is 0 Å². The van der Waals surface area contributed by atoms with Crippen LogP contribution >= 0.6 is 0 Å². The zero-order valence-corrected chi connectivity index (χ0v) is 17.9. The SMILES string of the molecule is Cc1cc(C(F)(F)F)nn1C(C)C(=O)Nc1cc(Oc2cccc(C(F)(F)F)c2)cc([N+](=O)[O-])c1. The molecule has 1 aromatic heterocycles. The van der Waals surface area contributed by atoms with Gasteiger partial charge in [0.15, 0.2) is 5.69 Å². The second kappa shape index (κ2) is 9.27. The van der Waals surface area contributed by atoms with Crippen LogP contribution in [0.3, 0.4) is 0 Å². The molecular formula is C21H16F6N4O4. The Balaban J connectivity index is 1.87. The summed E-state index contributed by atoms with van der Waals surface area (Å²) in [6, 6.07) is 6.33. The number of non-ortho nitro benzene ring substituents is 1. The van der Waals surface area contributed by atoms with Crippen molar-refractivity contribution in [2.24, 2.45) is 0 Å². The molecule has 1 heterocycles. The summed E-state index contributed by atoms with van der Waals surface area (Å²) in [5, 5.41) is 17.0. The van der Waals surface area contributed by atoms with Gasteiger partial charge in [0.1, 0.15) is 17.5 Å². The normalized spacial score (nSPS) is 12.8. The number of hydrogen-bond donors (Lipinski definition) is 1. The highest BCUT2D eigenvalue weighted by atomic mass is 19.4. The lowest BCUT2D eigenvalue weighted by Crippen LogP contribution is -2.25. The topological polar surface area (TPSA) is 99.3 Å². The van der Waals surface area contributed by atoms with Crippen LogP contribution in [0.15, 0.2) is 48.5 Å². The predicted octanol–water partition coefficient (Wildman–Crippen LogP) is 6.13. The van der Waals surface area contributed by atoms with Crippen LogP contribution in [0.4, 0.5) is 37.7 Å². The van der Waals surface area contributed by atoms with Crippen molar-refractivity contribution in [1.82, 2.24) is 9.78 Å². The molecule has 0 bridgehead atoms. The van der Waals surface area contributed by atoms with E-state index in [9.17, 15) is 41.3 Å². The minimum atomic E-state index is -4.72. The minimum absolute atomic E-state index is 0.0487. The van der Waals surface area contributed by atoms with Crippen molar-refractivity contribution in [2.75, 3.05) is 5.32 Å². The highest BCUT2D eigenvalue weighted by Gasteiger charge is 2.35. The average Bonchev–Trinajstić information content (AvgIpc) is 3.14. The average molecular weight is 502 g/mol. The van der Waals surface area contributed by atoms with Gasteiger partial charge >= 0.3 is 12.4 Å². The van der Waals surface area contributed by atoms with E-state index in [1.54, 1.807) is 0 Å². The number of nitro groups is 1. The summed E-state index contributed by atoms with van der Waals surface area (Å²) >= 11 is 0. The number of nitro benzene ring substituents is 1. The number of carbonyl (C=O) groups excluding carboxylic acids is 1. The summed E-state index contributed by atoms with van der Waals surface area (Å²) < 4.78 is 83.7. The molecule has 0 radical (unpaired) electrons. The highest BCUT2D eigenvalue weighted by molar-refractivity contribution is 5.94. The third-order valence-corrected chi connectivity index (χ3v) is 4.73.